The highest BCUT2D eigenvalue weighted by molar-refractivity contribution is 9.10. The van der Waals surface area contributed by atoms with Crippen molar-refractivity contribution in [2.24, 2.45) is 5.92 Å². The van der Waals surface area contributed by atoms with E-state index in [4.69, 9.17) is 0 Å². The van der Waals surface area contributed by atoms with Gasteiger partial charge in [-0.2, -0.15) is 0 Å². The Labute approximate surface area is 144 Å². The zero-order valence-corrected chi connectivity index (χ0v) is 14.5. The maximum Gasteiger partial charge on any atom is 0.252 e. The lowest BCUT2D eigenvalue weighted by Gasteiger charge is -2.14. The molecule has 1 atom stereocenters. The molecule has 1 aliphatic rings. The molecule has 0 spiro atoms. The first-order chi connectivity index (χ1) is 11.1. The van der Waals surface area contributed by atoms with Crippen molar-refractivity contribution in [2.75, 3.05) is 0 Å². The molecule has 1 fully saturated rings. The second-order valence-electron chi connectivity index (χ2n) is 5.98. The van der Waals surface area contributed by atoms with Gasteiger partial charge in [0.15, 0.2) is 5.78 Å². The Hall–Kier alpha value is -1.94. The molecule has 4 heteroatoms. The predicted molar refractivity (Wildman–Crippen MR) is 93.7 cm³/mol. The minimum atomic E-state index is -0.175. The fraction of sp³-hybridized carbons (Fsp3) is 0.263. The zero-order chi connectivity index (χ0) is 16.4. The molecule has 1 aliphatic carbocycles. The average Bonchev–Trinajstić information content (AvgIpc) is 3.40. The van der Waals surface area contributed by atoms with E-state index in [2.05, 4.69) is 21.2 Å². The maximum atomic E-state index is 12.7. The van der Waals surface area contributed by atoms with Gasteiger partial charge in [0.05, 0.1) is 5.56 Å². The van der Waals surface area contributed by atoms with Crippen LogP contribution in [-0.4, -0.2) is 17.7 Å². The summed E-state index contributed by atoms with van der Waals surface area (Å²) in [6.07, 6.45) is 2.34. The number of halogens is 1. The highest BCUT2D eigenvalue weighted by atomic mass is 79.9. The van der Waals surface area contributed by atoms with Crippen molar-refractivity contribution in [1.29, 1.82) is 0 Å². The second-order valence-corrected chi connectivity index (χ2v) is 6.90. The van der Waals surface area contributed by atoms with E-state index in [1.54, 1.807) is 36.4 Å². The van der Waals surface area contributed by atoms with E-state index in [1.165, 1.54) is 12.8 Å². The molecule has 1 unspecified atom stereocenters. The van der Waals surface area contributed by atoms with Crippen molar-refractivity contribution < 1.29 is 9.59 Å². The fourth-order valence-electron chi connectivity index (χ4n) is 2.63. The summed E-state index contributed by atoms with van der Waals surface area (Å²) < 4.78 is 0.915. The van der Waals surface area contributed by atoms with Gasteiger partial charge in [-0.3, -0.25) is 9.59 Å². The maximum absolute atomic E-state index is 12.7. The Morgan fingerprint density at radius 1 is 1.04 bits per heavy atom. The Bertz CT molecular complexity index is 735. The van der Waals surface area contributed by atoms with Crippen LogP contribution in [0.4, 0.5) is 0 Å². The highest BCUT2D eigenvalue weighted by Gasteiger charge is 2.29. The molecule has 2 aromatic rings. The molecule has 0 saturated heterocycles. The monoisotopic (exact) mass is 371 g/mol. The molecule has 0 heterocycles. The molecule has 0 aliphatic heterocycles. The number of ketones is 1. The summed E-state index contributed by atoms with van der Waals surface area (Å²) in [4.78, 5) is 25.2. The summed E-state index contributed by atoms with van der Waals surface area (Å²) in [5.41, 5.74) is 1.45. The number of benzene rings is 2. The first-order valence-corrected chi connectivity index (χ1v) is 8.55. The molecule has 0 radical (unpaired) electrons. The summed E-state index contributed by atoms with van der Waals surface area (Å²) in [6, 6.07) is 14.3. The smallest absolute Gasteiger partial charge is 0.252 e. The molecule has 0 aromatic heterocycles. The number of rotatable bonds is 5. The van der Waals surface area contributed by atoms with E-state index in [1.807, 2.05) is 19.1 Å². The largest absolute Gasteiger partial charge is 0.349 e. The van der Waals surface area contributed by atoms with Gasteiger partial charge in [0.1, 0.15) is 0 Å². The molecule has 0 bridgehead atoms. The van der Waals surface area contributed by atoms with E-state index in [-0.39, 0.29) is 17.7 Å². The normalized spacial score (nSPS) is 15.0. The third-order valence-corrected chi connectivity index (χ3v) is 4.74. The van der Waals surface area contributed by atoms with Crippen molar-refractivity contribution in [3.8, 4) is 0 Å². The van der Waals surface area contributed by atoms with Crippen LogP contribution in [0.5, 0.6) is 0 Å². The molecular weight excluding hydrogens is 354 g/mol. The van der Waals surface area contributed by atoms with E-state index in [0.717, 1.165) is 4.47 Å². The van der Waals surface area contributed by atoms with E-state index in [0.29, 0.717) is 22.6 Å². The zero-order valence-electron chi connectivity index (χ0n) is 12.9. The molecular formula is C19H18BrNO2. The Morgan fingerprint density at radius 3 is 2.26 bits per heavy atom. The Balaban J connectivity index is 1.86. The van der Waals surface area contributed by atoms with Crippen LogP contribution >= 0.6 is 15.9 Å². The molecule has 2 aromatic carbocycles. The Kier molecular flexibility index (Phi) is 4.62. The van der Waals surface area contributed by atoms with E-state index in [9.17, 15) is 9.59 Å². The summed E-state index contributed by atoms with van der Waals surface area (Å²) in [7, 11) is 0. The van der Waals surface area contributed by atoms with Gasteiger partial charge in [-0.25, -0.2) is 0 Å². The van der Waals surface area contributed by atoms with Crippen LogP contribution in [0, 0.1) is 5.92 Å². The van der Waals surface area contributed by atoms with Gasteiger partial charge in [-0.15, -0.1) is 0 Å². The van der Waals surface area contributed by atoms with Crippen molar-refractivity contribution >= 4 is 27.6 Å². The quantitative estimate of drug-likeness (QED) is 0.800. The Morgan fingerprint density at radius 2 is 1.65 bits per heavy atom. The molecule has 1 N–H and O–H groups in total. The first kappa shape index (κ1) is 15.9. The van der Waals surface area contributed by atoms with Gasteiger partial charge in [-0.1, -0.05) is 34.1 Å². The van der Waals surface area contributed by atoms with Crippen LogP contribution in [0.1, 0.15) is 46.0 Å². The number of amides is 1. The molecule has 3 rings (SSSR count). The minimum absolute atomic E-state index is 0.137. The van der Waals surface area contributed by atoms with Gasteiger partial charge >= 0.3 is 0 Å². The van der Waals surface area contributed by atoms with Gasteiger partial charge in [0.25, 0.3) is 5.91 Å². The predicted octanol–water partition coefficient (Wildman–Crippen LogP) is 4.21. The van der Waals surface area contributed by atoms with E-state index >= 15 is 0 Å². The standard InChI is InChI=1S/C19H18BrNO2/c1-12(13-6-7-13)21-19(23)17-5-3-2-4-16(17)18(22)14-8-10-15(20)11-9-14/h2-5,8-13H,6-7H2,1H3,(H,21,23). The van der Waals surface area contributed by atoms with E-state index < -0.39 is 0 Å². The minimum Gasteiger partial charge on any atom is -0.349 e. The lowest BCUT2D eigenvalue weighted by Crippen LogP contribution is -2.34. The van der Waals surface area contributed by atoms with Crippen LogP contribution in [-0.2, 0) is 0 Å². The third-order valence-electron chi connectivity index (χ3n) is 4.21. The molecule has 118 valence electrons. The van der Waals surface area contributed by atoms with Crippen LogP contribution in [0.25, 0.3) is 0 Å². The SMILES string of the molecule is CC(NC(=O)c1ccccc1C(=O)c1ccc(Br)cc1)C1CC1. The molecule has 23 heavy (non-hydrogen) atoms. The molecule has 1 amide bonds. The number of carbonyl (C=O) groups is 2. The number of hydrogen-bond acceptors (Lipinski definition) is 2. The van der Waals surface area contributed by atoms with Crippen LogP contribution in [0.2, 0.25) is 0 Å². The summed E-state index contributed by atoms with van der Waals surface area (Å²) in [6.45, 7) is 2.02. The van der Waals surface area contributed by atoms with Gasteiger partial charge in [0, 0.05) is 21.6 Å². The van der Waals surface area contributed by atoms with Crippen molar-refractivity contribution in [1.82, 2.24) is 5.32 Å². The van der Waals surface area contributed by atoms with Crippen molar-refractivity contribution in [3.63, 3.8) is 0 Å². The van der Waals surface area contributed by atoms with Crippen LogP contribution in [0.15, 0.2) is 53.0 Å². The van der Waals surface area contributed by atoms with Gasteiger partial charge in [-0.05, 0) is 56.0 Å². The number of carbonyl (C=O) groups excluding carboxylic acids is 2. The summed E-state index contributed by atoms with van der Waals surface area (Å²) in [5.74, 6) is 0.265. The average molecular weight is 372 g/mol. The summed E-state index contributed by atoms with van der Waals surface area (Å²) in [5, 5.41) is 3.02. The second kappa shape index (κ2) is 6.67. The molecule has 3 nitrogen and oxygen atoms in total. The van der Waals surface area contributed by atoms with Crippen LogP contribution in [0.3, 0.4) is 0 Å². The van der Waals surface area contributed by atoms with Gasteiger partial charge < -0.3 is 5.32 Å². The van der Waals surface area contributed by atoms with Crippen LogP contribution < -0.4 is 5.32 Å². The van der Waals surface area contributed by atoms with Crippen molar-refractivity contribution in [3.05, 3.63) is 69.7 Å². The first-order valence-electron chi connectivity index (χ1n) is 7.76. The lowest BCUT2D eigenvalue weighted by atomic mass is 9.97. The number of hydrogen-bond donors (Lipinski definition) is 1. The number of nitrogens with one attached hydrogen (secondary N) is 1. The topological polar surface area (TPSA) is 46.2 Å². The third kappa shape index (κ3) is 3.70. The lowest BCUT2D eigenvalue weighted by molar-refractivity contribution is 0.0926. The van der Waals surface area contributed by atoms with Crippen molar-refractivity contribution in [2.45, 2.75) is 25.8 Å². The van der Waals surface area contributed by atoms with Gasteiger partial charge in [0.2, 0.25) is 0 Å². The molecule has 1 saturated carbocycles. The summed E-state index contributed by atoms with van der Waals surface area (Å²) >= 11 is 3.36. The highest BCUT2D eigenvalue weighted by Crippen LogP contribution is 2.32. The fourth-order valence-corrected chi connectivity index (χ4v) is 2.90.